The number of nitrogens with two attached hydrogens (primary N) is 1. The maximum atomic E-state index is 11.3. The number of hydrogen-bond donors (Lipinski definition) is 3. The van der Waals surface area contributed by atoms with Gasteiger partial charge in [0, 0.05) is 5.69 Å². The van der Waals surface area contributed by atoms with Gasteiger partial charge in [0.05, 0.1) is 21.5 Å². The molecule has 4 N–H and O–H groups in total. The number of carboxylic acid groups (broad SMARTS) is 1. The number of nitrogens with one attached hydrogen (secondary N) is 1. The Morgan fingerprint density at radius 2 is 2.14 bits per heavy atom. The summed E-state index contributed by atoms with van der Waals surface area (Å²) in [7, 11) is 0. The fourth-order valence-electron chi connectivity index (χ4n) is 2.08. The summed E-state index contributed by atoms with van der Waals surface area (Å²) in [5.74, 6) is -1.00. The minimum absolute atomic E-state index is 0.177. The maximum absolute atomic E-state index is 11.3. The monoisotopic (exact) mass is 299 g/mol. The molecule has 5 nitrogen and oxygen atoms in total. The molecular weight excluding hydrogens is 286 g/mol. The van der Waals surface area contributed by atoms with Crippen LogP contribution in [0.25, 0.3) is 11.0 Å². The third kappa shape index (κ3) is 2.57. The number of nitrogens with zero attached hydrogens (tertiary/aromatic N) is 1. The van der Waals surface area contributed by atoms with Gasteiger partial charge < -0.3 is 15.8 Å². The highest BCUT2D eigenvalue weighted by Crippen LogP contribution is 2.34. The van der Waals surface area contributed by atoms with Gasteiger partial charge in [-0.2, -0.15) is 0 Å². The minimum atomic E-state index is -1.00. The number of hydrogen-bond acceptors (Lipinski definition) is 4. The number of nitrogen functional groups attached to an aromatic ring is 1. The van der Waals surface area contributed by atoms with Gasteiger partial charge in [-0.15, -0.1) is 0 Å². The molecule has 0 unspecified atom stereocenters. The summed E-state index contributed by atoms with van der Waals surface area (Å²) in [6.45, 7) is 2.00. The molecule has 3 rings (SSSR count). The zero-order valence-electron chi connectivity index (χ0n) is 11.3. The van der Waals surface area contributed by atoms with Crippen LogP contribution in [-0.2, 0) is 0 Å². The van der Waals surface area contributed by atoms with Gasteiger partial charge >= 0.3 is 5.97 Å². The van der Waals surface area contributed by atoms with Crippen molar-refractivity contribution >= 4 is 34.5 Å². The first-order valence-electron chi connectivity index (χ1n) is 6.30. The van der Waals surface area contributed by atoms with Crippen LogP contribution in [0.15, 0.2) is 46.5 Å². The molecule has 0 aliphatic heterocycles. The maximum Gasteiger partial charge on any atom is 0.336 e. The number of aromatic nitrogens is 2. The summed E-state index contributed by atoms with van der Waals surface area (Å²) in [5.41, 5.74) is 9.40. The highest BCUT2D eigenvalue weighted by molar-refractivity contribution is 7.99. The van der Waals surface area contributed by atoms with Crippen molar-refractivity contribution in [2.45, 2.75) is 17.0 Å². The van der Waals surface area contributed by atoms with Crippen LogP contribution in [0.5, 0.6) is 0 Å². The van der Waals surface area contributed by atoms with E-state index in [1.54, 1.807) is 12.1 Å². The van der Waals surface area contributed by atoms with E-state index in [0.29, 0.717) is 15.7 Å². The number of rotatable bonds is 3. The van der Waals surface area contributed by atoms with Crippen LogP contribution in [0.1, 0.15) is 15.9 Å². The van der Waals surface area contributed by atoms with Gasteiger partial charge in [0.15, 0.2) is 5.16 Å². The number of aromatic amines is 1. The molecule has 2 aromatic carbocycles. The van der Waals surface area contributed by atoms with Gasteiger partial charge in [0.25, 0.3) is 0 Å². The van der Waals surface area contributed by atoms with Crippen molar-refractivity contribution in [3.05, 3.63) is 47.5 Å². The zero-order valence-corrected chi connectivity index (χ0v) is 12.1. The van der Waals surface area contributed by atoms with E-state index in [4.69, 9.17) is 5.73 Å². The van der Waals surface area contributed by atoms with E-state index in [2.05, 4.69) is 9.97 Å². The highest BCUT2D eigenvalue weighted by atomic mass is 32.2. The summed E-state index contributed by atoms with van der Waals surface area (Å²) in [6.07, 6.45) is 0. The molecule has 0 saturated heterocycles. The number of H-pyrrole nitrogens is 1. The standard InChI is InChI=1S/C15H13N3O2S/c1-8-5-6-11-12(7-8)18-15(17-11)21-13-9(14(19)20)3-2-4-10(13)16/h2-7H,16H2,1H3,(H,17,18)(H,19,20). The molecule has 0 amide bonds. The second-order valence-electron chi connectivity index (χ2n) is 4.69. The average molecular weight is 299 g/mol. The van der Waals surface area contributed by atoms with Crippen LogP contribution >= 0.6 is 11.8 Å². The third-order valence-electron chi connectivity index (χ3n) is 3.09. The Morgan fingerprint density at radius 3 is 2.90 bits per heavy atom. The number of carboxylic acids is 1. The molecule has 0 aliphatic carbocycles. The molecule has 0 radical (unpaired) electrons. The SMILES string of the molecule is Cc1ccc2nc(Sc3c(N)cccc3C(=O)O)[nH]c2c1. The third-order valence-corrected chi connectivity index (χ3v) is 4.14. The quantitative estimate of drug-likeness (QED) is 0.645. The van der Waals surface area contributed by atoms with Gasteiger partial charge in [-0.05, 0) is 48.5 Å². The number of benzene rings is 2. The summed E-state index contributed by atoms with van der Waals surface area (Å²) in [6, 6.07) is 10.8. The van der Waals surface area contributed by atoms with Crippen molar-refractivity contribution in [3.63, 3.8) is 0 Å². The predicted octanol–water partition coefficient (Wildman–Crippen LogP) is 3.30. The van der Waals surface area contributed by atoms with E-state index < -0.39 is 5.97 Å². The topological polar surface area (TPSA) is 92.0 Å². The van der Waals surface area contributed by atoms with Gasteiger partial charge in [-0.3, -0.25) is 0 Å². The Kier molecular flexibility index (Phi) is 3.31. The fraction of sp³-hybridized carbons (Fsp3) is 0.0667. The lowest BCUT2D eigenvalue weighted by Gasteiger charge is -2.06. The molecule has 0 aliphatic rings. The molecule has 0 spiro atoms. The zero-order chi connectivity index (χ0) is 15.0. The number of fused-ring (bicyclic) bond motifs is 1. The first-order valence-corrected chi connectivity index (χ1v) is 7.12. The number of aryl methyl sites for hydroxylation is 1. The second kappa shape index (κ2) is 5.14. The van der Waals surface area contributed by atoms with Gasteiger partial charge in [-0.25, -0.2) is 9.78 Å². The fourth-order valence-corrected chi connectivity index (χ4v) is 3.03. The van der Waals surface area contributed by atoms with Gasteiger partial charge in [0.1, 0.15) is 0 Å². The van der Waals surface area contributed by atoms with Crippen LogP contribution in [0.4, 0.5) is 5.69 Å². The summed E-state index contributed by atoms with van der Waals surface area (Å²) < 4.78 is 0. The summed E-state index contributed by atoms with van der Waals surface area (Å²) in [5, 5.41) is 9.87. The number of imidazole rings is 1. The van der Waals surface area contributed by atoms with Gasteiger partial charge in [0.2, 0.25) is 0 Å². The number of aromatic carboxylic acids is 1. The smallest absolute Gasteiger partial charge is 0.336 e. The van der Waals surface area contributed by atoms with Crippen LogP contribution in [0.3, 0.4) is 0 Å². The normalized spacial score (nSPS) is 10.9. The Morgan fingerprint density at radius 1 is 1.33 bits per heavy atom. The highest BCUT2D eigenvalue weighted by Gasteiger charge is 2.15. The lowest BCUT2D eigenvalue weighted by Crippen LogP contribution is -2.01. The van der Waals surface area contributed by atoms with E-state index in [9.17, 15) is 9.90 Å². The molecule has 0 bridgehead atoms. The minimum Gasteiger partial charge on any atom is -0.478 e. The summed E-state index contributed by atoms with van der Waals surface area (Å²) >= 11 is 1.23. The first-order chi connectivity index (χ1) is 10.0. The van der Waals surface area contributed by atoms with E-state index in [0.717, 1.165) is 16.6 Å². The predicted molar refractivity (Wildman–Crippen MR) is 82.8 cm³/mol. The Bertz CT molecular complexity index is 842. The summed E-state index contributed by atoms with van der Waals surface area (Å²) in [4.78, 5) is 19.4. The molecule has 1 aromatic heterocycles. The molecule has 1 heterocycles. The molecular formula is C15H13N3O2S. The molecule has 0 saturated carbocycles. The molecule has 6 heteroatoms. The van der Waals surface area contributed by atoms with Crippen molar-refractivity contribution in [3.8, 4) is 0 Å². The molecule has 0 atom stereocenters. The van der Waals surface area contributed by atoms with Crippen molar-refractivity contribution in [1.82, 2.24) is 9.97 Å². The first kappa shape index (κ1) is 13.5. The number of anilines is 1. The van der Waals surface area contributed by atoms with Crippen LogP contribution in [-0.4, -0.2) is 21.0 Å². The van der Waals surface area contributed by atoms with Crippen molar-refractivity contribution in [1.29, 1.82) is 0 Å². The molecule has 21 heavy (non-hydrogen) atoms. The van der Waals surface area contributed by atoms with Crippen molar-refractivity contribution in [2.24, 2.45) is 0 Å². The van der Waals surface area contributed by atoms with E-state index in [-0.39, 0.29) is 5.56 Å². The van der Waals surface area contributed by atoms with E-state index in [1.165, 1.54) is 17.8 Å². The average Bonchev–Trinajstić information content (AvgIpc) is 2.82. The number of carbonyl (C=O) groups is 1. The van der Waals surface area contributed by atoms with Crippen molar-refractivity contribution in [2.75, 3.05) is 5.73 Å². The van der Waals surface area contributed by atoms with E-state index >= 15 is 0 Å². The van der Waals surface area contributed by atoms with E-state index in [1.807, 2.05) is 25.1 Å². The largest absolute Gasteiger partial charge is 0.478 e. The Hall–Kier alpha value is -2.47. The van der Waals surface area contributed by atoms with Gasteiger partial charge in [-0.1, -0.05) is 12.1 Å². The van der Waals surface area contributed by atoms with Crippen LogP contribution in [0, 0.1) is 6.92 Å². The molecule has 106 valence electrons. The van der Waals surface area contributed by atoms with Crippen LogP contribution < -0.4 is 5.73 Å². The second-order valence-corrected chi connectivity index (χ2v) is 5.69. The lowest BCUT2D eigenvalue weighted by molar-refractivity contribution is 0.0693. The van der Waals surface area contributed by atoms with Crippen molar-refractivity contribution < 1.29 is 9.90 Å². The lowest BCUT2D eigenvalue weighted by atomic mass is 10.2. The molecule has 3 aromatic rings. The van der Waals surface area contributed by atoms with Crippen LogP contribution in [0.2, 0.25) is 0 Å². The Balaban J connectivity index is 2.04. The molecule has 0 fully saturated rings. The Labute approximate surface area is 125 Å².